The number of hydrogen-bond donors (Lipinski definition) is 3. The lowest BCUT2D eigenvalue weighted by Gasteiger charge is -2.08. The number of ether oxygens (including phenoxy) is 1. The molecule has 0 saturated heterocycles. The fraction of sp³-hybridized carbons (Fsp3) is 0.158. The number of rotatable bonds is 6. The van der Waals surface area contributed by atoms with Crippen LogP contribution < -0.4 is 20.9 Å². The normalized spacial score (nSPS) is 10.4. The lowest BCUT2D eigenvalue weighted by atomic mass is 10.2. The highest BCUT2D eigenvalue weighted by Crippen LogP contribution is 2.12. The van der Waals surface area contributed by atoms with Crippen LogP contribution in [0.2, 0.25) is 0 Å². The number of nitrogens with zero attached hydrogens (tertiary/aromatic N) is 1. The SMILES string of the molecule is COc1cccc(C(=O)NCCNC(=O)c2nc3ccccc3c(=O)[nH]2)c1. The molecular formula is C19H18N4O4. The number of carbonyl (C=O) groups excluding carboxylic acids is 2. The largest absolute Gasteiger partial charge is 0.497 e. The summed E-state index contributed by atoms with van der Waals surface area (Å²) in [5.74, 6) is -0.283. The van der Waals surface area contributed by atoms with Gasteiger partial charge in [0.05, 0.1) is 18.0 Å². The molecule has 0 spiro atoms. The summed E-state index contributed by atoms with van der Waals surface area (Å²) in [6, 6.07) is 13.5. The first-order chi connectivity index (χ1) is 13.1. The Morgan fingerprint density at radius 2 is 1.78 bits per heavy atom. The second-order valence-corrected chi connectivity index (χ2v) is 5.68. The predicted octanol–water partition coefficient (Wildman–Crippen LogP) is 1.09. The van der Waals surface area contributed by atoms with Crippen molar-refractivity contribution in [2.45, 2.75) is 0 Å². The molecular weight excluding hydrogens is 348 g/mol. The molecule has 0 saturated carbocycles. The van der Waals surface area contributed by atoms with Gasteiger partial charge in [-0.05, 0) is 30.3 Å². The maximum Gasteiger partial charge on any atom is 0.287 e. The molecule has 27 heavy (non-hydrogen) atoms. The zero-order chi connectivity index (χ0) is 19.2. The quantitative estimate of drug-likeness (QED) is 0.565. The molecule has 1 aromatic heterocycles. The van der Waals surface area contributed by atoms with E-state index < -0.39 is 5.91 Å². The molecule has 2 amide bonds. The monoisotopic (exact) mass is 366 g/mol. The number of amides is 2. The van der Waals surface area contributed by atoms with Gasteiger partial charge in [-0.25, -0.2) is 4.98 Å². The van der Waals surface area contributed by atoms with E-state index in [0.29, 0.717) is 22.2 Å². The minimum absolute atomic E-state index is 0.0715. The number of hydrogen-bond acceptors (Lipinski definition) is 5. The van der Waals surface area contributed by atoms with Crippen LogP contribution in [-0.4, -0.2) is 42.0 Å². The van der Waals surface area contributed by atoms with E-state index in [2.05, 4.69) is 20.6 Å². The lowest BCUT2D eigenvalue weighted by molar-refractivity contribution is 0.0922. The third-order valence-corrected chi connectivity index (χ3v) is 3.86. The second kappa shape index (κ2) is 8.13. The summed E-state index contributed by atoms with van der Waals surface area (Å²) in [5, 5.41) is 5.72. The average molecular weight is 366 g/mol. The minimum Gasteiger partial charge on any atom is -0.497 e. The van der Waals surface area contributed by atoms with E-state index in [1.807, 2.05) is 0 Å². The van der Waals surface area contributed by atoms with Crippen LogP contribution in [0.4, 0.5) is 0 Å². The zero-order valence-electron chi connectivity index (χ0n) is 14.6. The third-order valence-electron chi connectivity index (χ3n) is 3.86. The Hall–Kier alpha value is -3.68. The van der Waals surface area contributed by atoms with Crippen molar-refractivity contribution in [2.75, 3.05) is 20.2 Å². The first kappa shape index (κ1) is 18.1. The Balaban J connectivity index is 1.55. The Bertz CT molecular complexity index is 1050. The molecule has 3 aromatic rings. The number of H-pyrrole nitrogens is 1. The fourth-order valence-electron chi connectivity index (χ4n) is 2.50. The van der Waals surface area contributed by atoms with Crippen LogP contribution >= 0.6 is 0 Å². The van der Waals surface area contributed by atoms with Gasteiger partial charge in [0.2, 0.25) is 0 Å². The number of aromatic amines is 1. The van der Waals surface area contributed by atoms with Crippen LogP contribution in [-0.2, 0) is 0 Å². The molecule has 0 bridgehead atoms. The second-order valence-electron chi connectivity index (χ2n) is 5.68. The molecule has 0 aliphatic heterocycles. The summed E-state index contributed by atoms with van der Waals surface area (Å²) in [5.41, 5.74) is 0.524. The summed E-state index contributed by atoms with van der Waals surface area (Å²) < 4.78 is 5.08. The highest BCUT2D eigenvalue weighted by Gasteiger charge is 2.11. The molecule has 0 unspecified atom stereocenters. The predicted molar refractivity (Wildman–Crippen MR) is 100 cm³/mol. The van der Waals surface area contributed by atoms with Gasteiger partial charge in [-0.3, -0.25) is 14.4 Å². The number of fused-ring (bicyclic) bond motifs is 1. The molecule has 8 nitrogen and oxygen atoms in total. The van der Waals surface area contributed by atoms with Gasteiger partial charge in [0, 0.05) is 18.7 Å². The summed E-state index contributed by atoms with van der Waals surface area (Å²) >= 11 is 0. The number of aromatic nitrogens is 2. The van der Waals surface area contributed by atoms with Crippen LogP contribution in [0.3, 0.4) is 0 Å². The van der Waals surface area contributed by atoms with Gasteiger partial charge in [-0.15, -0.1) is 0 Å². The van der Waals surface area contributed by atoms with Crippen molar-refractivity contribution in [3.8, 4) is 5.75 Å². The smallest absolute Gasteiger partial charge is 0.287 e. The van der Waals surface area contributed by atoms with E-state index in [0.717, 1.165) is 0 Å². The van der Waals surface area contributed by atoms with E-state index in [9.17, 15) is 14.4 Å². The molecule has 0 aliphatic rings. The molecule has 0 fully saturated rings. The Morgan fingerprint density at radius 3 is 2.56 bits per heavy atom. The fourth-order valence-corrected chi connectivity index (χ4v) is 2.50. The Kier molecular flexibility index (Phi) is 5.46. The Labute approximate surface area is 154 Å². The van der Waals surface area contributed by atoms with E-state index in [1.165, 1.54) is 7.11 Å². The first-order valence-electron chi connectivity index (χ1n) is 8.28. The van der Waals surface area contributed by atoms with Gasteiger partial charge < -0.3 is 20.4 Å². The molecule has 0 aliphatic carbocycles. The molecule has 8 heteroatoms. The van der Waals surface area contributed by atoms with Gasteiger partial charge in [-0.2, -0.15) is 0 Å². The van der Waals surface area contributed by atoms with E-state index >= 15 is 0 Å². The number of carbonyl (C=O) groups is 2. The number of benzene rings is 2. The van der Waals surface area contributed by atoms with E-state index in [-0.39, 0.29) is 30.4 Å². The highest BCUT2D eigenvalue weighted by atomic mass is 16.5. The van der Waals surface area contributed by atoms with Crippen molar-refractivity contribution >= 4 is 22.7 Å². The van der Waals surface area contributed by atoms with Crippen LogP contribution in [0, 0.1) is 0 Å². The van der Waals surface area contributed by atoms with Crippen LogP contribution in [0.15, 0.2) is 53.3 Å². The number of para-hydroxylation sites is 1. The molecule has 3 N–H and O–H groups in total. The number of methoxy groups -OCH3 is 1. The number of nitrogens with one attached hydrogen (secondary N) is 3. The van der Waals surface area contributed by atoms with Gasteiger partial charge in [0.15, 0.2) is 5.82 Å². The van der Waals surface area contributed by atoms with Crippen molar-refractivity contribution in [3.63, 3.8) is 0 Å². The summed E-state index contributed by atoms with van der Waals surface area (Å²) in [4.78, 5) is 42.8. The van der Waals surface area contributed by atoms with Crippen molar-refractivity contribution in [1.29, 1.82) is 0 Å². The minimum atomic E-state index is -0.520. The highest BCUT2D eigenvalue weighted by molar-refractivity contribution is 5.95. The standard InChI is InChI=1S/C19H18N4O4/c1-27-13-6-4-5-12(11-13)17(24)20-9-10-21-19(26)16-22-15-8-3-2-7-14(15)18(25)23-16/h2-8,11H,9-10H2,1H3,(H,20,24)(H,21,26)(H,22,23,25). The summed E-state index contributed by atoms with van der Waals surface area (Å²) in [6.45, 7) is 0.407. The van der Waals surface area contributed by atoms with Crippen molar-refractivity contribution < 1.29 is 14.3 Å². The maximum absolute atomic E-state index is 12.2. The van der Waals surface area contributed by atoms with Crippen molar-refractivity contribution in [3.05, 3.63) is 70.3 Å². The zero-order valence-corrected chi connectivity index (χ0v) is 14.6. The van der Waals surface area contributed by atoms with E-state index in [1.54, 1.807) is 48.5 Å². The molecule has 0 atom stereocenters. The van der Waals surface area contributed by atoms with Gasteiger partial charge >= 0.3 is 0 Å². The average Bonchev–Trinajstić information content (AvgIpc) is 2.70. The topological polar surface area (TPSA) is 113 Å². The van der Waals surface area contributed by atoms with E-state index in [4.69, 9.17) is 4.74 Å². The maximum atomic E-state index is 12.2. The van der Waals surface area contributed by atoms with Crippen LogP contribution in [0.25, 0.3) is 10.9 Å². The summed E-state index contributed by atoms with van der Waals surface area (Å²) in [6.07, 6.45) is 0. The summed E-state index contributed by atoms with van der Waals surface area (Å²) in [7, 11) is 1.53. The molecule has 1 heterocycles. The van der Waals surface area contributed by atoms with Crippen molar-refractivity contribution in [1.82, 2.24) is 20.6 Å². The molecule has 138 valence electrons. The lowest BCUT2D eigenvalue weighted by Crippen LogP contribution is -2.36. The van der Waals surface area contributed by atoms with Crippen molar-refractivity contribution in [2.24, 2.45) is 0 Å². The molecule has 3 rings (SSSR count). The van der Waals surface area contributed by atoms with Crippen LogP contribution in [0.1, 0.15) is 21.0 Å². The van der Waals surface area contributed by atoms with Gasteiger partial charge in [-0.1, -0.05) is 18.2 Å². The molecule has 0 radical (unpaired) electrons. The third kappa shape index (κ3) is 4.30. The van der Waals surface area contributed by atoms with Crippen LogP contribution in [0.5, 0.6) is 5.75 Å². The first-order valence-corrected chi connectivity index (χ1v) is 8.28. The van der Waals surface area contributed by atoms with Gasteiger partial charge in [0.1, 0.15) is 5.75 Å². The Morgan fingerprint density at radius 1 is 1.04 bits per heavy atom. The van der Waals surface area contributed by atoms with Gasteiger partial charge in [0.25, 0.3) is 17.4 Å². The molecule has 2 aromatic carbocycles.